The standard InChI is InChI=1S/C7H12N2O2/c8-7(9)11-6(10)4-5-2-1-3-5/h5H,1-4H2,(H3,8,9). The maximum absolute atomic E-state index is 10.8. The topological polar surface area (TPSA) is 76.2 Å². The largest absolute Gasteiger partial charge is 0.393 e. The second-order valence-electron chi connectivity index (χ2n) is 2.84. The SMILES string of the molecule is N=C(N)OC(=O)CC1CCC1. The number of rotatable bonds is 2. The molecule has 0 aliphatic heterocycles. The molecule has 62 valence electrons. The van der Waals surface area contributed by atoms with Crippen LogP contribution in [0.5, 0.6) is 0 Å². The van der Waals surface area contributed by atoms with Crippen LogP contribution in [0.2, 0.25) is 0 Å². The predicted octanol–water partition coefficient (Wildman–Crippen LogP) is 0.613. The number of nitrogens with two attached hydrogens (primary N) is 1. The van der Waals surface area contributed by atoms with E-state index in [1.54, 1.807) is 0 Å². The summed E-state index contributed by atoms with van der Waals surface area (Å²) in [7, 11) is 0. The lowest BCUT2D eigenvalue weighted by Crippen LogP contribution is -2.23. The van der Waals surface area contributed by atoms with Crippen molar-refractivity contribution in [1.29, 1.82) is 5.41 Å². The minimum atomic E-state index is -0.505. The summed E-state index contributed by atoms with van der Waals surface area (Å²) in [6.07, 6.45) is 3.83. The Morgan fingerprint density at radius 2 is 2.27 bits per heavy atom. The van der Waals surface area contributed by atoms with Gasteiger partial charge in [0, 0.05) is 6.42 Å². The van der Waals surface area contributed by atoms with Crippen molar-refractivity contribution in [2.75, 3.05) is 0 Å². The summed E-state index contributed by atoms with van der Waals surface area (Å²) in [5.74, 6) is 0.101. The Labute approximate surface area is 65.2 Å². The molecule has 0 aromatic rings. The zero-order valence-corrected chi connectivity index (χ0v) is 6.30. The third kappa shape index (κ3) is 2.57. The number of nitrogens with one attached hydrogen (secondary N) is 1. The molecule has 0 atom stereocenters. The quantitative estimate of drug-likeness (QED) is 0.349. The van der Waals surface area contributed by atoms with Gasteiger partial charge in [0.1, 0.15) is 0 Å². The van der Waals surface area contributed by atoms with E-state index in [4.69, 9.17) is 11.1 Å². The van der Waals surface area contributed by atoms with Gasteiger partial charge < -0.3 is 10.5 Å². The summed E-state index contributed by atoms with van der Waals surface area (Å²) in [4.78, 5) is 10.8. The second-order valence-corrected chi connectivity index (χ2v) is 2.84. The van der Waals surface area contributed by atoms with Gasteiger partial charge in [0.05, 0.1) is 0 Å². The maximum Gasteiger partial charge on any atom is 0.313 e. The zero-order chi connectivity index (χ0) is 8.27. The van der Waals surface area contributed by atoms with Crippen LogP contribution in [0, 0.1) is 11.3 Å². The predicted molar refractivity (Wildman–Crippen MR) is 40.0 cm³/mol. The molecule has 11 heavy (non-hydrogen) atoms. The number of ether oxygens (including phenoxy) is 1. The Balaban J connectivity index is 2.14. The average molecular weight is 156 g/mol. The Morgan fingerprint density at radius 1 is 1.64 bits per heavy atom. The van der Waals surface area contributed by atoms with E-state index >= 15 is 0 Å². The van der Waals surface area contributed by atoms with Crippen LogP contribution < -0.4 is 5.73 Å². The van der Waals surface area contributed by atoms with Gasteiger partial charge in [-0.2, -0.15) is 0 Å². The normalized spacial score (nSPS) is 17.1. The molecule has 1 rings (SSSR count). The Bertz CT molecular complexity index is 175. The first kappa shape index (κ1) is 8.04. The van der Waals surface area contributed by atoms with Crippen molar-refractivity contribution >= 4 is 12.0 Å². The highest BCUT2D eigenvalue weighted by Gasteiger charge is 2.21. The van der Waals surface area contributed by atoms with Gasteiger partial charge >= 0.3 is 5.97 Å². The van der Waals surface area contributed by atoms with Crippen molar-refractivity contribution in [1.82, 2.24) is 0 Å². The number of amidine groups is 1. The van der Waals surface area contributed by atoms with Gasteiger partial charge in [-0.25, -0.2) is 0 Å². The number of carbonyl (C=O) groups is 1. The molecule has 0 bridgehead atoms. The van der Waals surface area contributed by atoms with Crippen molar-refractivity contribution in [3.05, 3.63) is 0 Å². The summed E-state index contributed by atoms with van der Waals surface area (Å²) in [5, 5.41) is 6.68. The third-order valence-electron chi connectivity index (χ3n) is 1.90. The lowest BCUT2D eigenvalue weighted by atomic mass is 9.83. The van der Waals surface area contributed by atoms with Crippen molar-refractivity contribution in [3.8, 4) is 0 Å². The molecule has 4 nitrogen and oxygen atoms in total. The minimum Gasteiger partial charge on any atom is -0.393 e. The number of carbonyl (C=O) groups excluding carboxylic acids is 1. The zero-order valence-electron chi connectivity index (χ0n) is 6.30. The van der Waals surface area contributed by atoms with Crippen molar-refractivity contribution in [2.45, 2.75) is 25.7 Å². The molecule has 0 heterocycles. The number of hydrogen-bond acceptors (Lipinski definition) is 3. The fraction of sp³-hybridized carbons (Fsp3) is 0.714. The van der Waals surface area contributed by atoms with E-state index in [0.717, 1.165) is 12.8 Å². The molecule has 0 aromatic heterocycles. The Hall–Kier alpha value is -1.06. The van der Waals surface area contributed by atoms with Crippen LogP contribution in [0.1, 0.15) is 25.7 Å². The van der Waals surface area contributed by atoms with Crippen LogP contribution in [0.15, 0.2) is 0 Å². The molecule has 1 aliphatic carbocycles. The molecule has 1 saturated carbocycles. The van der Waals surface area contributed by atoms with Crippen LogP contribution in [0.25, 0.3) is 0 Å². The van der Waals surface area contributed by atoms with Gasteiger partial charge in [-0.05, 0) is 18.8 Å². The molecule has 0 radical (unpaired) electrons. The first-order valence-corrected chi connectivity index (χ1v) is 3.73. The van der Waals surface area contributed by atoms with Gasteiger partial charge in [-0.15, -0.1) is 0 Å². The summed E-state index contributed by atoms with van der Waals surface area (Å²) >= 11 is 0. The lowest BCUT2D eigenvalue weighted by Gasteiger charge is -2.23. The average Bonchev–Trinajstić information content (AvgIpc) is 1.77. The highest BCUT2D eigenvalue weighted by atomic mass is 16.5. The molecule has 3 N–H and O–H groups in total. The highest BCUT2D eigenvalue weighted by molar-refractivity contribution is 5.84. The minimum absolute atomic E-state index is 0.373. The number of esters is 1. The fourth-order valence-electron chi connectivity index (χ4n) is 1.10. The second kappa shape index (κ2) is 3.37. The van der Waals surface area contributed by atoms with E-state index in [2.05, 4.69) is 4.74 Å². The monoisotopic (exact) mass is 156 g/mol. The van der Waals surface area contributed by atoms with Crippen molar-refractivity contribution in [3.63, 3.8) is 0 Å². The smallest absolute Gasteiger partial charge is 0.313 e. The van der Waals surface area contributed by atoms with E-state index in [1.807, 2.05) is 0 Å². The van der Waals surface area contributed by atoms with Crippen LogP contribution in [0.3, 0.4) is 0 Å². The van der Waals surface area contributed by atoms with Crippen molar-refractivity contribution < 1.29 is 9.53 Å². The van der Waals surface area contributed by atoms with E-state index in [1.165, 1.54) is 6.42 Å². The fourth-order valence-corrected chi connectivity index (χ4v) is 1.10. The van der Waals surface area contributed by atoms with E-state index in [0.29, 0.717) is 12.3 Å². The molecule has 4 heteroatoms. The molecule has 0 unspecified atom stereocenters. The summed E-state index contributed by atoms with van der Waals surface area (Å²) in [6.45, 7) is 0. The molecule has 0 amide bonds. The molecule has 0 saturated heterocycles. The number of hydrogen-bond donors (Lipinski definition) is 2. The van der Waals surface area contributed by atoms with Crippen LogP contribution in [-0.4, -0.2) is 12.0 Å². The first-order chi connectivity index (χ1) is 5.18. The van der Waals surface area contributed by atoms with E-state index in [9.17, 15) is 4.79 Å². The van der Waals surface area contributed by atoms with E-state index < -0.39 is 6.02 Å². The van der Waals surface area contributed by atoms with Gasteiger partial charge in [-0.3, -0.25) is 10.2 Å². The Morgan fingerprint density at radius 3 is 2.64 bits per heavy atom. The Kier molecular flexibility index (Phi) is 2.46. The van der Waals surface area contributed by atoms with Crippen LogP contribution in [-0.2, 0) is 9.53 Å². The van der Waals surface area contributed by atoms with Gasteiger partial charge in [0.25, 0.3) is 6.02 Å². The van der Waals surface area contributed by atoms with Gasteiger partial charge in [0.2, 0.25) is 0 Å². The van der Waals surface area contributed by atoms with Crippen LogP contribution >= 0.6 is 0 Å². The molecule has 1 aliphatic rings. The lowest BCUT2D eigenvalue weighted by molar-refractivity contribution is -0.137. The molecule has 0 aromatic carbocycles. The van der Waals surface area contributed by atoms with E-state index in [-0.39, 0.29) is 5.97 Å². The first-order valence-electron chi connectivity index (χ1n) is 3.73. The third-order valence-corrected chi connectivity index (χ3v) is 1.90. The summed E-state index contributed by atoms with van der Waals surface area (Å²) < 4.78 is 4.38. The summed E-state index contributed by atoms with van der Waals surface area (Å²) in [6, 6.07) is -0.505. The summed E-state index contributed by atoms with van der Waals surface area (Å²) in [5.41, 5.74) is 4.87. The van der Waals surface area contributed by atoms with Crippen LogP contribution in [0.4, 0.5) is 0 Å². The molecule has 1 fully saturated rings. The highest BCUT2D eigenvalue weighted by Crippen LogP contribution is 2.29. The molecular weight excluding hydrogens is 144 g/mol. The molecular formula is C7H12N2O2. The van der Waals surface area contributed by atoms with Crippen molar-refractivity contribution in [2.24, 2.45) is 11.7 Å². The van der Waals surface area contributed by atoms with Gasteiger partial charge in [0.15, 0.2) is 0 Å². The van der Waals surface area contributed by atoms with Gasteiger partial charge in [-0.1, -0.05) is 6.42 Å². The molecule has 0 spiro atoms. The maximum atomic E-state index is 10.8.